The number of nitrogens with zero attached hydrogens (tertiary/aromatic N) is 1. The molecule has 0 aliphatic rings. The Bertz CT molecular complexity index is 642. The summed E-state index contributed by atoms with van der Waals surface area (Å²) in [6.45, 7) is 5.68. The second kappa shape index (κ2) is 6.37. The number of hydrogen-bond acceptors (Lipinski definition) is 3. The normalized spacial score (nSPS) is 11.2. The van der Waals surface area contributed by atoms with Crippen LogP contribution in [0, 0.1) is 6.92 Å². The molecular weight excluding hydrogens is 332 g/mol. The minimum Gasteiger partial charge on any atom is -0.267 e. The number of hydrogen-bond donors (Lipinski definition) is 1. The molecule has 0 aliphatic heterocycles. The smallest absolute Gasteiger partial charge is 0.267 e. The van der Waals surface area contributed by atoms with E-state index in [2.05, 4.69) is 26.4 Å². The molecule has 0 saturated carbocycles. The van der Waals surface area contributed by atoms with Crippen molar-refractivity contribution in [1.29, 1.82) is 0 Å². The summed E-state index contributed by atoms with van der Waals surface area (Å²) in [6, 6.07) is 10.8. The highest BCUT2D eigenvalue weighted by atomic mass is 79.9. The van der Waals surface area contributed by atoms with Crippen molar-refractivity contribution in [3.8, 4) is 0 Å². The topological polar surface area (TPSA) is 51.2 Å². The van der Waals surface area contributed by atoms with Crippen molar-refractivity contribution >= 4 is 21.8 Å². The van der Waals surface area contributed by atoms with Gasteiger partial charge >= 0.3 is 0 Å². The van der Waals surface area contributed by atoms with Gasteiger partial charge in [-0.15, -0.1) is 0 Å². The molecule has 1 aromatic heterocycles. The quantitative estimate of drug-likeness (QED) is 0.856. The lowest BCUT2D eigenvalue weighted by Gasteiger charge is -2.25. The standard InChI is InChI=1S/C16H17BrN2O2/c1-11-9-10-18-14(13(11)17)16(2,3)21-19-15(20)12-7-5-4-6-8-12/h4-10H,1-3H3,(H,19,20). The largest absolute Gasteiger partial charge is 0.274 e. The van der Waals surface area contributed by atoms with Crippen molar-refractivity contribution < 1.29 is 9.63 Å². The predicted octanol–water partition coefficient (Wildman–Crippen LogP) is 3.75. The zero-order valence-electron chi connectivity index (χ0n) is 12.2. The number of halogens is 1. The summed E-state index contributed by atoms with van der Waals surface area (Å²) in [5.41, 5.74) is 4.07. The van der Waals surface area contributed by atoms with Gasteiger partial charge in [0.1, 0.15) is 5.60 Å². The summed E-state index contributed by atoms with van der Waals surface area (Å²) in [4.78, 5) is 21.9. The van der Waals surface area contributed by atoms with Crippen molar-refractivity contribution in [2.24, 2.45) is 0 Å². The van der Waals surface area contributed by atoms with E-state index in [1.807, 2.05) is 32.9 Å². The number of carbonyl (C=O) groups is 1. The third-order valence-corrected chi connectivity index (χ3v) is 4.09. The molecule has 110 valence electrons. The molecular formula is C16H17BrN2O2. The molecule has 0 radical (unpaired) electrons. The fraction of sp³-hybridized carbons (Fsp3) is 0.250. The first kappa shape index (κ1) is 15.7. The Labute approximate surface area is 132 Å². The van der Waals surface area contributed by atoms with E-state index in [4.69, 9.17) is 4.84 Å². The lowest BCUT2D eigenvalue weighted by molar-refractivity contribution is -0.0777. The van der Waals surface area contributed by atoms with E-state index < -0.39 is 5.60 Å². The van der Waals surface area contributed by atoms with Crippen molar-refractivity contribution in [2.75, 3.05) is 0 Å². The first-order valence-electron chi connectivity index (χ1n) is 6.57. The van der Waals surface area contributed by atoms with E-state index in [9.17, 15) is 4.79 Å². The molecule has 0 atom stereocenters. The number of nitrogens with one attached hydrogen (secondary N) is 1. The first-order valence-corrected chi connectivity index (χ1v) is 7.36. The first-order chi connectivity index (χ1) is 9.92. The lowest BCUT2D eigenvalue weighted by Crippen LogP contribution is -2.35. The molecule has 1 N–H and O–H groups in total. The maximum atomic E-state index is 12.0. The molecule has 0 bridgehead atoms. The molecule has 1 heterocycles. The Balaban J connectivity index is 2.11. The van der Waals surface area contributed by atoms with Gasteiger partial charge in [-0.3, -0.25) is 14.6 Å². The maximum Gasteiger partial charge on any atom is 0.274 e. The van der Waals surface area contributed by atoms with E-state index in [-0.39, 0.29) is 5.91 Å². The third-order valence-electron chi connectivity index (χ3n) is 3.09. The number of benzene rings is 1. The Hall–Kier alpha value is -1.72. The van der Waals surface area contributed by atoms with E-state index in [1.54, 1.807) is 30.5 Å². The number of hydroxylamine groups is 1. The Morgan fingerprint density at radius 2 is 1.90 bits per heavy atom. The molecule has 0 saturated heterocycles. The van der Waals surface area contributed by atoms with Crippen LogP contribution in [0.15, 0.2) is 47.1 Å². The van der Waals surface area contributed by atoms with Gasteiger partial charge in [0.2, 0.25) is 0 Å². The second-order valence-corrected chi connectivity index (χ2v) is 5.99. The van der Waals surface area contributed by atoms with Crippen LogP contribution in [-0.4, -0.2) is 10.9 Å². The van der Waals surface area contributed by atoms with Crippen molar-refractivity contribution in [2.45, 2.75) is 26.4 Å². The number of pyridine rings is 1. The van der Waals surface area contributed by atoms with Crippen molar-refractivity contribution in [1.82, 2.24) is 10.5 Å². The molecule has 4 nitrogen and oxygen atoms in total. The minimum absolute atomic E-state index is 0.285. The summed E-state index contributed by atoms with van der Waals surface area (Å²) in [5.74, 6) is -0.285. The van der Waals surface area contributed by atoms with Gasteiger partial charge < -0.3 is 0 Å². The van der Waals surface area contributed by atoms with Crippen molar-refractivity contribution in [3.63, 3.8) is 0 Å². The highest BCUT2D eigenvalue weighted by Gasteiger charge is 2.28. The van der Waals surface area contributed by atoms with Gasteiger partial charge in [0.25, 0.3) is 5.91 Å². The fourth-order valence-corrected chi connectivity index (χ4v) is 2.54. The van der Waals surface area contributed by atoms with E-state index in [0.29, 0.717) is 5.56 Å². The molecule has 0 fully saturated rings. The van der Waals surface area contributed by atoms with E-state index in [0.717, 1.165) is 15.7 Å². The summed E-state index contributed by atoms with van der Waals surface area (Å²) in [7, 11) is 0. The number of amides is 1. The maximum absolute atomic E-state index is 12.0. The van der Waals surface area contributed by atoms with Gasteiger partial charge in [0.15, 0.2) is 0 Å². The predicted molar refractivity (Wildman–Crippen MR) is 84.7 cm³/mol. The van der Waals surface area contributed by atoms with Crippen LogP contribution in [0.3, 0.4) is 0 Å². The van der Waals surface area contributed by atoms with Crippen LogP contribution in [0.1, 0.15) is 35.5 Å². The average Bonchev–Trinajstić information content (AvgIpc) is 2.48. The van der Waals surface area contributed by atoms with Crippen LogP contribution in [0.5, 0.6) is 0 Å². The van der Waals surface area contributed by atoms with Gasteiger partial charge in [-0.25, -0.2) is 5.48 Å². The highest BCUT2D eigenvalue weighted by molar-refractivity contribution is 9.10. The van der Waals surface area contributed by atoms with Crippen LogP contribution < -0.4 is 5.48 Å². The summed E-state index contributed by atoms with van der Waals surface area (Å²) in [6.07, 6.45) is 1.72. The lowest BCUT2D eigenvalue weighted by atomic mass is 10.0. The van der Waals surface area contributed by atoms with Crippen LogP contribution in [0.4, 0.5) is 0 Å². The Kier molecular flexibility index (Phi) is 4.75. The molecule has 0 unspecified atom stereocenters. The van der Waals surface area contributed by atoms with Crippen LogP contribution in [0.25, 0.3) is 0 Å². The number of aromatic nitrogens is 1. The van der Waals surface area contributed by atoms with E-state index in [1.165, 1.54) is 0 Å². The zero-order valence-corrected chi connectivity index (χ0v) is 13.8. The summed E-state index contributed by atoms with van der Waals surface area (Å²) in [5, 5.41) is 0. The van der Waals surface area contributed by atoms with Gasteiger partial charge in [-0.1, -0.05) is 18.2 Å². The van der Waals surface area contributed by atoms with Gasteiger partial charge in [-0.2, -0.15) is 0 Å². The molecule has 21 heavy (non-hydrogen) atoms. The SMILES string of the molecule is Cc1ccnc(C(C)(C)ONC(=O)c2ccccc2)c1Br. The number of aryl methyl sites for hydroxylation is 1. The van der Waals surface area contributed by atoms with Crippen LogP contribution in [0.2, 0.25) is 0 Å². The minimum atomic E-state index is -0.755. The fourth-order valence-electron chi connectivity index (χ4n) is 1.83. The molecule has 5 heteroatoms. The van der Waals surface area contributed by atoms with Gasteiger partial charge in [-0.05, 0) is 60.5 Å². The molecule has 2 aromatic rings. The van der Waals surface area contributed by atoms with Gasteiger partial charge in [0, 0.05) is 16.2 Å². The molecule has 0 spiro atoms. The zero-order chi connectivity index (χ0) is 15.5. The number of rotatable bonds is 4. The summed E-state index contributed by atoms with van der Waals surface area (Å²) >= 11 is 3.51. The molecule has 2 rings (SSSR count). The number of carbonyl (C=O) groups excluding carboxylic acids is 1. The second-order valence-electron chi connectivity index (χ2n) is 5.20. The molecule has 0 aliphatic carbocycles. The Morgan fingerprint density at radius 3 is 2.57 bits per heavy atom. The monoisotopic (exact) mass is 348 g/mol. The van der Waals surface area contributed by atoms with Crippen molar-refractivity contribution in [3.05, 3.63) is 63.9 Å². The highest BCUT2D eigenvalue weighted by Crippen LogP contribution is 2.30. The third kappa shape index (κ3) is 3.68. The molecule has 1 amide bonds. The Morgan fingerprint density at radius 1 is 1.24 bits per heavy atom. The van der Waals surface area contributed by atoms with Gasteiger partial charge in [0.05, 0.1) is 5.69 Å². The average molecular weight is 349 g/mol. The van der Waals surface area contributed by atoms with Crippen LogP contribution in [-0.2, 0) is 10.4 Å². The summed E-state index contributed by atoms with van der Waals surface area (Å²) < 4.78 is 0.879. The van der Waals surface area contributed by atoms with E-state index >= 15 is 0 Å². The molecule has 1 aromatic carbocycles. The van der Waals surface area contributed by atoms with Crippen LogP contribution >= 0.6 is 15.9 Å².